The number of hydrogen-bond acceptors (Lipinski definition) is 4. The third-order valence-corrected chi connectivity index (χ3v) is 4.65. The van der Waals surface area contributed by atoms with E-state index in [2.05, 4.69) is 11.4 Å². The summed E-state index contributed by atoms with van der Waals surface area (Å²) in [5.74, 6) is 1.21. The van der Waals surface area contributed by atoms with Crippen LogP contribution in [0.2, 0.25) is 0 Å². The third-order valence-electron chi connectivity index (χ3n) is 4.65. The summed E-state index contributed by atoms with van der Waals surface area (Å²) in [6.07, 6.45) is 3.05. The second-order valence-corrected chi connectivity index (χ2v) is 6.41. The molecule has 1 aliphatic carbocycles. The van der Waals surface area contributed by atoms with Crippen molar-refractivity contribution in [2.75, 3.05) is 13.7 Å². The number of fused-ring (bicyclic) bond motifs is 1. The number of unbranched alkanes of at least 4 members (excludes halogenated alkanes) is 1. The zero-order valence-electron chi connectivity index (χ0n) is 14.9. The average Bonchev–Trinajstić information content (AvgIpc) is 3.05. The van der Waals surface area contributed by atoms with Crippen LogP contribution in [0.1, 0.15) is 42.0 Å². The van der Waals surface area contributed by atoms with Gasteiger partial charge in [0.05, 0.1) is 19.8 Å². The lowest BCUT2D eigenvalue weighted by Crippen LogP contribution is -2.18. The van der Waals surface area contributed by atoms with Gasteiger partial charge in [-0.05, 0) is 60.2 Å². The molecule has 1 aliphatic rings. The minimum Gasteiger partial charge on any atom is -0.493 e. The highest BCUT2D eigenvalue weighted by molar-refractivity contribution is 5.43. The molecule has 1 atom stereocenters. The van der Waals surface area contributed by atoms with Gasteiger partial charge in [-0.15, -0.1) is 0 Å². The van der Waals surface area contributed by atoms with E-state index in [1.165, 1.54) is 11.6 Å². The number of methoxy groups -OCH3 is 1. The zero-order chi connectivity index (χ0) is 18.4. The molecule has 1 unspecified atom stereocenters. The van der Waals surface area contributed by atoms with Crippen LogP contribution in [0.15, 0.2) is 36.4 Å². The first-order valence-corrected chi connectivity index (χ1v) is 8.89. The maximum atomic E-state index is 13.3. The second kappa shape index (κ2) is 8.68. The minimum absolute atomic E-state index is 0.169. The molecule has 0 amide bonds. The Morgan fingerprint density at radius 3 is 2.92 bits per heavy atom. The predicted octanol–water partition coefficient (Wildman–Crippen LogP) is 4.29. The van der Waals surface area contributed by atoms with Crippen molar-refractivity contribution in [2.45, 2.75) is 38.3 Å². The normalized spacial score (nSPS) is 15.3. The smallest absolute Gasteiger partial charge is 0.161 e. The van der Waals surface area contributed by atoms with E-state index in [-0.39, 0.29) is 11.9 Å². The Balaban J connectivity index is 1.63. The van der Waals surface area contributed by atoms with Crippen molar-refractivity contribution >= 4 is 0 Å². The van der Waals surface area contributed by atoms with Gasteiger partial charge in [0.2, 0.25) is 0 Å². The molecular weight excluding hydrogens is 331 g/mol. The van der Waals surface area contributed by atoms with E-state index in [0.717, 1.165) is 24.0 Å². The second-order valence-electron chi connectivity index (χ2n) is 6.41. The minimum atomic E-state index is -0.169. The third kappa shape index (κ3) is 4.33. The molecule has 136 valence electrons. The summed E-state index contributed by atoms with van der Waals surface area (Å²) in [6.45, 7) is 1.18. The molecule has 0 saturated carbocycles. The largest absolute Gasteiger partial charge is 0.493 e. The van der Waals surface area contributed by atoms with Crippen LogP contribution in [-0.2, 0) is 13.0 Å². The highest BCUT2D eigenvalue weighted by atomic mass is 19.1. The number of aryl methyl sites for hydroxylation is 1. The molecule has 5 heteroatoms. The van der Waals surface area contributed by atoms with Crippen LogP contribution >= 0.6 is 0 Å². The summed E-state index contributed by atoms with van der Waals surface area (Å²) in [5, 5.41) is 12.2. The zero-order valence-corrected chi connectivity index (χ0v) is 14.9. The molecule has 0 fully saturated rings. The van der Waals surface area contributed by atoms with Crippen molar-refractivity contribution in [3.05, 3.63) is 58.9 Å². The maximum absolute atomic E-state index is 13.3. The molecule has 2 aromatic rings. The number of hydrogen-bond donors (Lipinski definition) is 1. The molecule has 26 heavy (non-hydrogen) atoms. The van der Waals surface area contributed by atoms with Gasteiger partial charge in [0.1, 0.15) is 5.82 Å². The van der Waals surface area contributed by atoms with E-state index in [4.69, 9.17) is 14.7 Å². The van der Waals surface area contributed by atoms with E-state index in [1.807, 2.05) is 24.3 Å². The Hall–Kier alpha value is -2.58. The summed E-state index contributed by atoms with van der Waals surface area (Å²) in [4.78, 5) is 0. The van der Waals surface area contributed by atoms with E-state index < -0.39 is 0 Å². The van der Waals surface area contributed by atoms with Gasteiger partial charge in [0.25, 0.3) is 0 Å². The van der Waals surface area contributed by atoms with E-state index in [1.54, 1.807) is 13.2 Å². The molecule has 0 bridgehead atoms. The van der Waals surface area contributed by atoms with Crippen LogP contribution in [0.5, 0.6) is 11.5 Å². The van der Waals surface area contributed by atoms with Gasteiger partial charge in [0, 0.05) is 19.0 Å². The monoisotopic (exact) mass is 354 g/mol. The van der Waals surface area contributed by atoms with Crippen molar-refractivity contribution < 1.29 is 13.9 Å². The molecule has 0 aliphatic heterocycles. The molecule has 0 aromatic heterocycles. The van der Waals surface area contributed by atoms with Gasteiger partial charge in [-0.25, -0.2) is 4.39 Å². The fourth-order valence-electron chi connectivity index (χ4n) is 3.32. The fourth-order valence-corrected chi connectivity index (χ4v) is 3.32. The summed E-state index contributed by atoms with van der Waals surface area (Å²) in [5.41, 5.74) is 3.38. The standard InChI is InChI=1S/C21H23FN2O2/c1-25-20-9-4-15(12-21(20)26-11-3-2-10-23)14-24-19-8-5-16-13-17(22)6-7-18(16)19/h4,6-7,9,12-13,19,24H,2-3,5,8,11,14H2,1H3. The van der Waals surface area contributed by atoms with Crippen LogP contribution in [-0.4, -0.2) is 13.7 Å². The topological polar surface area (TPSA) is 54.3 Å². The first-order chi connectivity index (χ1) is 12.7. The Morgan fingerprint density at radius 1 is 1.23 bits per heavy atom. The SMILES string of the molecule is COc1ccc(CNC2CCc3cc(F)ccc32)cc1OCCCC#N. The summed E-state index contributed by atoms with van der Waals surface area (Å²) in [6, 6.07) is 13.3. The van der Waals surface area contributed by atoms with Crippen LogP contribution in [0.25, 0.3) is 0 Å². The Bertz CT molecular complexity index is 801. The van der Waals surface area contributed by atoms with Crippen molar-refractivity contribution in [3.8, 4) is 17.6 Å². The number of benzene rings is 2. The van der Waals surface area contributed by atoms with E-state index in [9.17, 15) is 4.39 Å². The molecule has 1 N–H and O–H groups in total. The molecule has 0 saturated heterocycles. The van der Waals surface area contributed by atoms with E-state index >= 15 is 0 Å². The van der Waals surface area contributed by atoms with E-state index in [0.29, 0.717) is 37.5 Å². The molecule has 0 spiro atoms. The summed E-state index contributed by atoms with van der Waals surface area (Å²) >= 11 is 0. The quantitative estimate of drug-likeness (QED) is 0.719. The summed E-state index contributed by atoms with van der Waals surface area (Å²) < 4.78 is 24.5. The van der Waals surface area contributed by atoms with Crippen LogP contribution in [0, 0.1) is 17.1 Å². The molecular formula is C21H23FN2O2. The van der Waals surface area contributed by atoms with Gasteiger partial charge in [0.15, 0.2) is 11.5 Å². The highest BCUT2D eigenvalue weighted by Crippen LogP contribution is 2.32. The first-order valence-electron chi connectivity index (χ1n) is 8.89. The molecule has 0 heterocycles. The van der Waals surface area contributed by atoms with Crippen LogP contribution in [0.4, 0.5) is 4.39 Å². The number of nitriles is 1. The number of nitrogens with zero attached hydrogens (tertiary/aromatic N) is 1. The van der Waals surface area contributed by atoms with Crippen molar-refractivity contribution in [2.24, 2.45) is 0 Å². The summed E-state index contributed by atoms with van der Waals surface area (Å²) in [7, 11) is 1.62. The van der Waals surface area contributed by atoms with Gasteiger partial charge in [-0.1, -0.05) is 12.1 Å². The first kappa shape index (κ1) is 18.2. The fraction of sp³-hybridized carbons (Fsp3) is 0.381. The van der Waals surface area contributed by atoms with Crippen LogP contribution in [0.3, 0.4) is 0 Å². The highest BCUT2D eigenvalue weighted by Gasteiger charge is 2.22. The Labute approximate surface area is 153 Å². The molecule has 3 rings (SSSR count). The number of rotatable bonds is 8. The average molecular weight is 354 g/mol. The van der Waals surface area contributed by atoms with Crippen molar-refractivity contribution in [1.29, 1.82) is 5.26 Å². The number of nitrogens with one attached hydrogen (secondary N) is 1. The van der Waals surface area contributed by atoms with Gasteiger partial charge in [-0.2, -0.15) is 5.26 Å². The van der Waals surface area contributed by atoms with Gasteiger partial charge >= 0.3 is 0 Å². The Kier molecular flexibility index (Phi) is 6.08. The number of ether oxygens (including phenoxy) is 2. The lowest BCUT2D eigenvalue weighted by Gasteiger charge is -2.16. The van der Waals surface area contributed by atoms with Crippen molar-refractivity contribution in [1.82, 2.24) is 5.32 Å². The maximum Gasteiger partial charge on any atom is 0.161 e. The van der Waals surface area contributed by atoms with Crippen molar-refractivity contribution in [3.63, 3.8) is 0 Å². The van der Waals surface area contributed by atoms with Gasteiger partial charge in [-0.3, -0.25) is 0 Å². The lowest BCUT2D eigenvalue weighted by molar-refractivity contribution is 0.290. The molecule has 2 aromatic carbocycles. The number of halogens is 1. The molecule has 4 nitrogen and oxygen atoms in total. The van der Waals surface area contributed by atoms with Crippen LogP contribution < -0.4 is 14.8 Å². The Morgan fingerprint density at radius 2 is 2.12 bits per heavy atom. The molecule has 0 radical (unpaired) electrons. The van der Waals surface area contributed by atoms with Gasteiger partial charge < -0.3 is 14.8 Å². The predicted molar refractivity (Wildman–Crippen MR) is 97.6 cm³/mol. The lowest BCUT2D eigenvalue weighted by atomic mass is 10.1.